The van der Waals surface area contributed by atoms with Gasteiger partial charge in [0, 0.05) is 17.6 Å². The van der Waals surface area contributed by atoms with Crippen LogP contribution in [0, 0.1) is 0 Å². The van der Waals surface area contributed by atoms with Gasteiger partial charge in [-0.1, -0.05) is 21.1 Å². The second-order valence-corrected chi connectivity index (χ2v) is 5.44. The van der Waals surface area contributed by atoms with Crippen LogP contribution in [-0.4, -0.2) is 38.9 Å². The highest BCUT2D eigenvalue weighted by molar-refractivity contribution is 9.10. The van der Waals surface area contributed by atoms with Crippen molar-refractivity contribution in [2.24, 2.45) is 0 Å². The molecule has 98 valence electrons. The van der Waals surface area contributed by atoms with Crippen molar-refractivity contribution in [1.82, 2.24) is 19.9 Å². The molecule has 0 radical (unpaired) electrons. The number of nitrogens with zero attached hydrogens (tertiary/aromatic N) is 4. The van der Waals surface area contributed by atoms with Crippen molar-refractivity contribution < 1.29 is 4.79 Å². The van der Waals surface area contributed by atoms with E-state index in [4.69, 9.17) is 0 Å². The molecular weight excluding hydrogens is 308 g/mol. The van der Waals surface area contributed by atoms with E-state index in [-0.39, 0.29) is 5.91 Å². The third kappa shape index (κ3) is 2.53. The number of hydrogen-bond donors (Lipinski definition) is 0. The fourth-order valence-electron chi connectivity index (χ4n) is 2.16. The van der Waals surface area contributed by atoms with Crippen molar-refractivity contribution >= 4 is 21.8 Å². The van der Waals surface area contributed by atoms with Gasteiger partial charge in [-0.2, -0.15) is 0 Å². The number of carbonyl (C=O) groups excluding carboxylic acids is 1. The van der Waals surface area contributed by atoms with E-state index in [2.05, 4.69) is 26.2 Å². The van der Waals surface area contributed by atoms with Crippen LogP contribution < -0.4 is 0 Å². The summed E-state index contributed by atoms with van der Waals surface area (Å²) in [7, 11) is 0. The summed E-state index contributed by atoms with van der Waals surface area (Å²) < 4.78 is 2.63. The quantitative estimate of drug-likeness (QED) is 0.853. The molecule has 19 heavy (non-hydrogen) atoms. The van der Waals surface area contributed by atoms with Gasteiger partial charge in [0.1, 0.15) is 0 Å². The van der Waals surface area contributed by atoms with E-state index in [9.17, 15) is 4.79 Å². The number of rotatable bonds is 2. The molecule has 1 aromatic heterocycles. The highest BCUT2D eigenvalue weighted by Gasteiger charge is 2.22. The summed E-state index contributed by atoms with van der Waals surface area (Å²) in [6, 6.07) is 7.70. The maximum Gasteiger partial charge on any atom is 0.276 e. The Morgan fingerprint density at radius 2 is 1.84 bits per heavy atom. The molecule has 1 amide bonds. The average Bonchev–Trinajstić information content (AvgIpc) is 3.10. The molecule has 2 aromatic rings. The molecule has 0 aliphatic carbocycles. The number of aromatic nitrogens is 3. The molecule has 0 unspecified atom stereocenters. The molecule has 1 saturated heterocycles. The lowest BCUT2D eigenvalue weighted by molar-refractivity contribution is 0.0787. The van der Waals surface area contributed by atoms with Gasteiger partial charge in [-0.15, -0.1) is 5.10 Å². The second-order valence-electron chi connectivity index (χ2n) is 4.52. The van der Waals surface area contributed by atoms with Gasteiger partial charge in [-0.3, -0.25) is 4.79 Å². The number of halogens is 1. The fourth-order valence-corrected chi connectivity index (χ4v) is 2.43. The Morgan fingerprint density at radius 1 is 1.16 bits per heavy atom. The van der Waals surface area contributed by atoms with E-state index < -0.39 is 0 Å². The van der Waals surface area contributed by atoms with E-state index in [1.165, 1.54) is 0 Å². The molecule has 1 aromatic carbocycles. The van der Waals surface area contributed by atoms with Crippen LogP contribution in [0.5, 0.6) is 0 Å². The molecule has 6 heteroatoms. The first-order valence-corrected chi connectivity index (χ1v) is 7.01. The lowest BCUT2D eigenvalue weighted by atomic mass is 10.3. The zero-order chi connectivity index (χ0) is 13.2. The Labute approximate surface area is 119 Å². The van der Waals surface area contributed by atoms with E-state index in [1.807, 2.05) is 29.2 Å². The minimum absolute atomic E-state index is 0.0270. The molecule has 5 nitrogen and oxygen atoms in total. The molecule has 1 aliphatic heterocycles. The SMILES string of the molecule is O=C(c1cn(-c2ccc(Br)cc2)nn1)N1CCCC1. The third-order valence-electron chi connectivity index (χ3n) is 3.20. The maximum atomic E-state index is 12.1. The molecule has 0 spiro atoms. The zero-order valence-electron chi connectivity index (χ0n) is 10.3. The Bertz CT molecular complexity index is 587. The topological polar surface area (TPSA) is 51.0 Å². The molecule has 1 fully saturated rings. The van der Waals surface area contributed by atoms with Crippen molar-refractivity contribution in [3.8, 4) is 5.69 Å². The zero-order valence-corrected chi connectivity index (χ0v) is 11.9. The van der Waals surface area contributed by atoms with Crippen molar-refractivity contribution in [3.63, 3.8) is 0 Å². The summed E-state index contributed by atoms with van der Waals surface area (Å²) >= 11 is 3.39. The molecule has 0 atom stereocenters. The van der Waals surface area contributed by atoms with Crippen LogP contribution in [0.2, 0.25) is 0 Å². The van der Waals surface area contributed by atoms with Gasteiger partial charge in [-0.05, 0) is 37.1 Å². The fraction of sp³-hybridized carbons (Fsp3) is 0.308. The van der Waals surface area contributed by atoms with E-state index in [1.54, 1.807) is 10.9 Å². The summed E-state index contributed by atoms with van der Waals surface area (Å²) in [6.45, 7) is 1.65. The number of benzene rings is 1. The van der Waals surface area contributed by atoms with Gasteiger partial charge in [0.25, 0.3) is 5.91 Å². The van der Waals surface area contributed by atoms with E-state index in [0.717, 1.165) is 36.1 Å². The standard InChI is InChI=1S/C13H13BrN4O/c14-10-3-5-11(6-4-10)18-9-12(15-16-18)13(19)17-7-1-2-8-17/h3-6,9H,1-2,7-8H2. The third-order valence-corrected chi connectivity index (χ3v) is 3.73. The summed E-state index contributed by atoms with van der Waals surface area (Å²) in [5, 5.41) is 7.98. The molecule has 0 N–H and O–H groups in total. The lowest BCUT2D eigenvalue weighted by Gasteiger charge is -2.12. The largest absolute Gasteiger partial charge is 0.337 e. The first-order valence-electron chi connectivity index (χ1n) is 6.21. The van der Waals surface area contributed by atoms with Crippen LogP contribution in [0.3, 0.4) is 0 Å². The van der Waals surface area contributed by atoms with Gasteiger partial charge >= 0.3 is 0 Å². The second kappa shape index (κ2) is 5.13. The molecular formula is C13H13BrN4O. The summed E-state index contributed by atoms with van der Waals surface area (Å²) in [4.78, 5) is 14.0. The molecule has 0 bridgehead atoms. The highest BCUT2D eigenvalue weighted by atomic mass is 79.9. The molecule has 1 aliphatic rings. The minimum atomic E-state index is -0.0270. The maximum absolute atomic E-state index is 12.1. The number of amides is 1. The van der Waals surface area contributed by atoms with Crippen LogP contribution in [0.15, 0.2) is 34.9 Å². The Morgan fingerprint density at radius 3 is 2.53 bits per heavy atom. The summed E-state index contributed by atoms with van der Waals surface area (Å²) in [5.74, 6) is -0.0270. The van der Waals surface area contributed by atoms with E-state index >= 15 is 0 Å². The Kier molecular flexibility index (Phi) is 3.33. The van der Waals surface area contributed by atoms with Crippen molar-refractivity contribution in [2.75, 3.05) is 13.1 Å². The Balaban J connectivity index is 1.82. The van der Waals surface area contributed by atoms with Gasteiger partial charge < -0.3 is 4.90 Å². The normalized spacial score (nSPS) is 14.9. The number of hydrogen-bond acceptors (Lipinski definition) is 3. The van der Waals surface area contributed by atoms with Crippen molar-refractivity contribution in [1.29, 1.82) is 0 Å². The number of carbonyl (C=O) groups is 1. The van der Waals surface area contributed by atoms with Crippen LogP contribution in [-0.2, 0) is 0 Å². The predicted octanol–water partition coefficient (Wildman–Crippen LogP) is 2.27. The number of likely N-dealkylation sites (tertiary alicyclic amines) is 1. The van der Waals surface area contributed by atoms with Crippen LogP contribution in [0.4, 0.5) is 0 Å². The van der Waals surface area contributed by atoms with Crippen molar-refractivity contribution in [3.05, 3.63) is 40.6 Å². The molecule has 3 rings (SSSR count). The average molecular weight is 321 g/mol. The van der Waals surface area contributed by atoms with Gasteiger partial charge in [-0.25, -0.2) is 4.68 Å². The Hall–Kier alpha value is -1.69. The monoisotopic (exact) mass is 320 g/mol. The highest BCUT2D eigenvalue weighted by Crippen LogP contribution is 2.15. The first-order chi connectivity index (χ1) is 9.24. The van der Waals surface area contributed by atoms with Crippen molar-refractivity contribution in [2.45, 2.75) is 12.8 Å². The van der Waals surface area contributed by atoms with Crippen LogP contribution in [0.1, 0.15) is 23.3 Å². The predicted molar refractivity (Wildman–Crippen MR) is 74.2 cm³/mol. The van der Waals surface area contributed by atoms with E-state index in [0.29, 0.717) is 5.69 Å². The molecule has 0 saturated carbocycles. The minimum Gasteiger partial charge on any atom is -0.337 e. The van der Waals surface area contributed by atoms with Crippen LogP contribution in [0.25, 0.3) is 5.69 Å². The first kappa shape index (κ1) is 12.3. The summed E-state index contributed by atoms with van der Waals surface area (Å²) in [5.41, 5.74) is 1.29. The summed E-state index contributed by atoms with van der Waals surface area (Å²) in [6.07, 6.45) is 3.84. The van der Waals surface area contributed by atoms with Crippen LogP contribution >= 0.6 is 15.9 Å². The van der Waals surface area contributed by atoms with Gasteiger partial charge in [0.2, 0.25) is 0 Å². The van der Waals surface area contributed by atoms with Gasteiger partial charge in [0.05, 0.1) is 11.9 Å². The lowest BCUT2D eigenvalue weighted by Crippen LogP contribution is -2.27. The smallest absolute Gasteiger partial charge is 0.276 e. The van der Waals surface area contributed by atoms with Gasteiger partial charge in [0.15, 0.2) is 5.69 Å². The molecule has 2 heterocycles.